The Kier molecular flexibility index (Phi) is 5.16. The molecule has 1 aromatic carbocycles. The highest BCUT2D eigenvalue weighted by molar-refractivity contribution is 7.92. The predicted molar refractivity (Wildman–Crippen MR) is 84.0 cm³/mol. The van der Waals surface area contributed by atoms with E-state index in [1.165, 1.54) is 0 Å². The second-order valence-corrected chi connectivity index (χ2v) is 9.24. The van der Waals surface area contributed by atoms with E-state index in [9.17, 15) is 26.0 Å². The minimum atomic E-state index is -4.06. The van der Waals surface area contributed by atoms with Crippen molar-refractivity contribution >= 4 is 31.7 Å². The van der Waals surface area contributed by atoms with Crippen LogP contribution in [0.3, 0.4) is 0 Å². The van der Waals surface area contributed by atoms with E-state index in [0.717, 1.165) is 22.7 Å². The fourth-order valence-corrected chi connectivity index (χ4v) is 4.55. The van der Waals surface area contributed by atoms with Crippen LogP contribution in [0.4, 0.5) is 10.1 Å². The molecule has 0 radical (unpaired) electrons. The minimum Gasteiger partial charge on any atom is -0.481 e. The molecule has 1 unspecified atom stereocenters. The van der Waals surface area contributed by atoms with E-state index in [4.69, 9.17) is 5.11 Å². The van der Waals surface area contributed by atoms with Crippen molar-refractivity contribution in [3.8, 4) is 0 Å². The van der Waals surface area contributed by atoms with Gasteiger partial charge in [-0.3, -0.25) is 9.52 Å². The number of aliphatic carboxylic acids is 1. The maximum Gasteiger partial charge on any atom is 0.307 e. The number of hydrogen-bond acceptors (Lipinski definition) is 5. The Hall–Kier alpha value is -1.72. The summed E-state index contributed by atoms with van der Waals surface area (Å²) < 4.78 is 64.2. The summed E-state index contributed by atoms with van der Waals surface area (Å²) in [5, 5.41) is 9.03. The zero-order valence-corrected chi connectivity index (χ0v) is 14.4. The highest BCUT2D eigenvalue weighted by Gasteiger charge is 2.33. The van der Waals surface area contributed by atoms with Crippen molar-refractivity contribution in [3.63, 3.8) is 0 Å². The molecule has 1 aromatic rings. The molecule has 2 rings (SSSR count). The van der Waals surface area contributed by atoms with E-state index < -0.39 is 37.8 Å². The van der Waals surface area contributed by atoms with Gasteiger partial charge < -0.3 is 5.11 Å². The first kappa shape index (κ1) is 18.6. The van der Waals surface area contributed by atoms with Gasteiger partial charge in [0.2, 0.25) is 20.0 Å². The maximum absolute atomic E-state index is 14.0. The lowest BCUT2D eigenvalue weighted by molar-refractivity contribution is -0.142. The quantitative estimate of drug-likeness (QED) is 0.775. The zero-order chi connectivity index (χ0) is 18.1. The average molecular weight is 380 g/mol. The van der Waals surface area contributed by atoms with Crippen LogP contribution >= 0.6 is 0 Å². The van der Waals surface area contributed by atoms with Crippen LogP contribution < -0.4 is 4.72 Å². The van der Waals surface area contributed by atoms with Crippen LogP contribution in [0.25, 0.3) is 0 Å². The van der Waals surface area contributed by atoms with Crippen molar-refractivity contribution in [1.82, 2.24) is 4.31 Å². The Balaban J connectivity index is 2.29. The lowest BCUT2D eigenvalue weighted by Crippen LogP contribution is -2.42. The number of anilines is 1. The van der Waals surface area contributed by atoms with Gasteiger partial charge >= 0.3 is 5.97 Å². The first-order valence-corrected chi connectivity index (χ1v) is 10.3. The summed E-state index contributed by atoms with van der Waals surface area (Å²) in [5.41, 5.74) is -0.362. The normalized spacial score (nSPS) is 19.8. The number of sulfonamides is 2. The molecule has 0 aliphatic carbocycles. The topological polar surface area (TPSA) is 121 Å². The van der Waals surface area contributed by atoms with Gasteiger partial charge in [-0.1, -0.05) is 0 Å². The Bertz CT molecular complexity index is 853. The van der Waals surface area contributed by atoms with Crippen LogP contribution in [0.15, 0.2) is 23.1 Å². The van der Waals surface area contributed by atoms with Crippen molar-refractivity contribution in [2.45, 2.75) is 17.7 Å². The number of nitrogens with one attached hydrogen (secondary N) is 1. The standard InChI is InChI=1S/C13H17FN2O6S2/c1-23(19,20)15-12-5-4-10(7-11(12)14)24(21,22)16-6-2-3-9(8-16)13(17)18/h4-5,7,9,15H,2-3,6,8H2,1H3,(H,17,18). The molecule has 1 fully saturated rings. The molecule has 2 N–H and O–H groups in total. The zero-order valence-electron chi connectivity index (χ0n) is 12.8. The molecule has 1 aliphatic rings. The molecule has 0 spiro atoms. The Morgan fingerprint density at radius 3 is 2.54 bits per heavy atom. The molecule has 8 nitrogen and oxygen atoms in total. The lowest BCUT2D eigenvalue weighted by Gasteiger charge is -2.29. The number of hydrogen-bond donors (Lipinski definition) is 2. The largest absolute Gasteiger partial charge is 0.481 e. The molecular formula is C13H17FN2O6S2. The Labute approximate surface area is 139 Å². The number of halogens is 1. The summed E-state index contributed by atoms with van der Waals surface area (Å²) in [6.07, 6.45) is 1.62. The Morgan fingerprint density at radius 1 is 1.33 bits per heavy atom. The molecule has 1 atom stereocenters. The first-order chi connectivity index (χ1) is 11.0. The van der Waals surface area contributed by atoms with E-state index in [1.54, 1.807) is 0 Å². The molecular weight excluding hydrogens is 363 g/mol. The molecule has 1 saturated heterocycles. The van der Waals surface area contributed by atoms with Crippen LogP contribution in [0.1, 0.15) is 12.8 Å². The molecule has 0 amide bonds. The number of nitrogens with zero attached hydrogens (tertiary/aromatic N) is 1. The number of piperidine rings is 1. The average Bonchev–Trinajstić information content (AvgIpc) is 2.48. The van der Waals surface area contributed by atoms with Crippen LogP contribution in [0.2, 0.25) is 0 Å². The summed E-state index contributed by atoms with van der Waals surface area (Å²) in [4.78, 5) is 10.7. The number of carboxylic acid groups (broad SMARTS) is 1. The molecule has 0 bridgehead atoms. The monoisotopic (exact) mass is 380 g/mol. The van der Waals surface area contributed by atoms with Gasteiger partial charge in [0.1, 0.15) is 5.82 Å². The van der Waals surface area contributed by atoms with Gasteiger partial charge in [-0.05, 0) is 31.0 Å². The number of rotatable bonds is 5. The molecule has 1 heterocycles. The van der Waals surface area contributed by atoms with Gasteiger partial charge in [0.15, 0.2) is 0 Å². The number of carboxylic acids is 1. The van der Waals surface area contributed by atoms with Crippen LogP contribution in [0, 0.1) is 11.7 Å². The number of benzene rings is 1. The summed E-state index contributed by atoms with van der Waals surface area (Å²) in [6, 6.07) is 2.81. The third-order valence-electron chi connectivity index (χ3n) is 3.61. The van der Waals surface area contributed by atoms with Gasteiger partial charge in [0, 0.05) is 13.1 Å². The predicted octanol–water partition coefficient (Wildman–Crippen LogP) is 0.682. The van der Waals surface area contributed by atoms with Crippen LogP contribution in [-0.4, -0.2) is 51.6 Å². The maximum atomic E-state index is 14.0. The fourth-order valence-electron chi connectivity index (χ4n) is 2.45. The second-order valence-electron chi connectivity index (χ2n) is 5.56. The van der Waals surface area contributed by atoms with Crippen LogP contribution in [0.5, 0.6) is 0 Å². The van der Waals surface area contributed by atoms with Gasteiger partial charge in [-0.25, -0.2) is 21.2 Å². The molecule has 0 saturated carbocycles. The molecule has 1 aliphatic heterocycles. The SMILES string of the molecule is CS(=O)(=O)Nc1ccc(S(=O)(=O)N2CCCC(C(=O)O)C2)cc1F. The van der Waals surface area contributed by atoms with E-state index in [-0.39, 0.29) is 23.7 Å². The Morgan fingerprint density at radius 2 is 2.00 bits per heavy atom. The summed E-state index contributed by atoms with van der Waals surface area (Å²) in [7, 11) is -7.76. The van der Waals surface area contributed by atoms with Crippen molar-refractivity contribution in [1.29, 1.82) is 0 Å². The van der Waals surface area contributed by atoms with Crippen molar-refractivity contribution in [3.05, 3.63) is 24.0 Å². The highest BCUT2D eigenvalue weighted by Crippen LogP contribution is 2.26. The smallest absolute Gasteiger partial charge is 0.307 e. The third-order valence-corrected chi connectivity index (χ3v) is 6.06. The highest BCUT2D eigenvalue weighted by atomic mass is 32.2. The van der Waals surface area contributed by atoms with Gasteiger partial charge in [0.25, 0.3) is 0 Å². The van der Waals surface area contributed by atoms with E-state index in [2.05, 4.69) is 0 Å². The summed E-state index contributed by atoms with van der Waals surface area (Å²) >= 11 is 0. The second kappa shape index (κ2) is 6.65. The van der Waals surface area contributed by atoms with Gasteiger partial charge in [-0.2, -0.15) is 4.31 Å². The van der Waals surface area contributed by atoms with Gasteiger partial charge in [-0.15, -0.1) is 0 Å². The fraction of sp³-hybridized carbons (Fsp3) is 0.462. The molecule has 11 heteroatoms. The molecule has 0 aromatic heterocycles. The first-order valence-electron chi connectivity index (χ1n) is 7.01. The van der Waals surface area contributed by atoms with Crippen molar-refractivity contribution in [2.75, 3.05) is 24.1 Å². The van der Waals surface area contributed by atoms with Gasteiger partial charge in [0.05, 0.1) is 22.8 Å². The van der Waals surface area contributed by atoms with Crippen LogP contribution in [-0.2, 0) is 24.8 Å². The lowest BCUT2D eigenvalue weighted by atomic mass is 10.0. The molecule has 24 heavy (non-hydrogen) atoms. The van der Waals surface area contributed by atoms with Crippen molar-refractivity contribution < 1.29 is 31.1 Å². The number of carbonyl (C=O) groups is 1. The molecule has 134 valence electrons. The minimum absolute atomic E-state index is 0.150. The van der Waals surface area contributed by atoms with E-state index in [1.807, 2.05) is 4.72 Å². The third kappa shape index (κ3) is 4.22. The van der Waals surface area contributed by atoms with E-state index >= 15 is 0 Å². The summed E-state index contributed by atoms with van der Waals surface area (Å²) in [5.74, 6) is -2.91. The van der Waals surface area contributed by atoms with E-state index in [0.29, 0.717) is 18.9 Å². The van der Waals surface area contributed by atoms with Crippen molar-refractivity contribution in [2.24, 2.45) is 5.92 Å². The summed E-state index contributed by atoms with van der Waals surface area (Å²) in [6.45, 7) is -0.0281.